The molecule has 0 saturated heterocycles. The van der Waals surface area contributed by atoms with Gasteiger partial charge in [0, 0.05) is 16.7 Å². The van der Waals surface area contributed by atoms with Crippen LogP contribution in [0.25, 0.3) is 16.9 Å². The molecule has 0 N–H and O–H groups in total. The van der Waals surface area contributed by atoms with Crippen LogP contribution in [-0.2, 0) is 0 Å². The molecule has 6 heteroatoms. The molecule has 0 radical (unpaired) electrons. The van der Waals surface area contributed by atoms with Crippen molar-refractivity contribution in [3.05, 3.63) is 53.7 Å². The fraction of sp³-hybridized carbons (Fsp3) is 0.125. The quantitative estimate of drug-likeness (QED) is 0.738. The van der Waals surface area contributed by atoms with Crippen molar-refractivity contribution >= 4 is 11.6 Å². The molecule has 0 aliphatic rings. The van der Waals surface area contributed by atoms with Crippen molar-refractivity contribution in [1.82, 2.24) is 15.0 Å². The minimum absolute atomic E-state index is 0.639. The predicted octanol–water partition coefficient (Wildman–Crippen LogP) is 3.60. The highest BCUT2D eigenvalue weighted by molar-refractivity contribution is 6.30. The molecule has 0 atom stereocenters. The molecule has 0 bridgehead atoms. The second-order valence-corrected chi connectivity index (χ2v) is 5.03. The van der Waals surface area contributed by atoms with E-state index < -0.39 is 0 Å². The molecule has 0 fully saturated rings. The Balaban J connectivity index is 1.97. The number of nitrogens with zero attached hydrogens (tertiary/aromatic N) is 3. The lowest BCUT2D eigenvalue weighted by Gasteiger charge is -2.08. The lowest BCUT2D eigenvalue weighted by Crippen LogP contribution is -1.97. The Hall–Kier alpha value is -2.53. The monoisotopic (exact) mass is 315 g/mol. The van der Waals surface area contributed by atoms with Crippen LogP contribution >= 0.6 is 11.6 Å². The third kappa shape index (κ3) is 2.76. The van der Waals surface area contributed by atoms with Gasteiger partial charge in [-0.15, -0.1) is 5.10 Å². The Morgan fingerprint density at radius 1 is 1.00 bits per heavy atom. The van der Waals surface area contributed by atoms with E-state index in [0.29, 0.717) is 16.5 Å². The summed E-state index contributed by atoms with van der Waals surface area (Å²) >= 11 is 6.01. The summed E-state index contributed by atoms with van der Waals surface area (Å²) in [4.78, 5) is 0. The number of halogens is 1. The van der Waals surface area contributed by atoms with E-state index in [-0.39, 0.29) is 0 Å². The van der Waals surface area contributed by atoms with E-state index in [1.165, 1.54) is 0 Å². The van der Waals surface area contributed by atoms with E-state index in [0.717, 1.165) is 16.9 Å². The lowest BCUT2D eigenvalue weighted by molar-refractivity contribution is 0.354. The molecule has 2 aromatic carbocycles. The van der Waals surface area contributed by atoms with Crippen LogP contribution in [0.1, 0.15) is 0 Å². The van der Waals surface area contributed by atoms with Gasteiger partial charge in [-0.3, -0.25) is 0 Å². The number of hydrogen-bond donors (Lipinski definition) is 0. The van der Waals surface area contributed by atoms with E-state index in [9.17, 15) is 0 Å². The van der Waals surface area contributed by atoms with Crippen molar-refractivity contribution in [1.29, 1.82) is 0 Å². The molecule has 22 heavy (non-hydrogen) atoms. The standard InChI is InChI=1S/C16H14ClN3O2/c1-21-15-7-6-13(9-16(15)22-2)20-10-14(18-19-20)11-4-3-5-12(17)8-11/h3-10H,1-2H3. The van der Waals surface area contributed by atoms with Gasteiger partial charge in [-0.2, -0.15) is 0 Å². The SMILES string of the molecule is COc1ccc(-n2cc(-c3cccc(Cl)c3)nn2)cc1OC. The van der Waals surface area contributed by atoms with Gasteiger partial charge in [-0.1, -0.05) is 28.9 Å². The van der Waals surface area contributed by atoms with Crippen molar-refractivity contribution in [3.8, 4) is 28.4 Å². The lowest BCUT2D eigenvalue weighted by atomic mass is 10.2. The van der Waals surface area contributed by atoms with Gasteiger partial charge in [0.25, 0.3) is 0 Å². The van der Waals surface area contributed by atoms with Gasteiger partial charge in [0.1, 0.15) is 5.69 Å². The van der Waals surface area contributed by atoms with E-state index in [1.807, 2.05) is 48.7 Å². The molecular formula is C16H14ClN3O2. The molecule has 112 valence electrons. The highest BCUT2D eigenvalue weighted by Crippen LogP contribution is 2.29. The summed E-state index contributed by atoms with van der Waals surface area (Å²) in [5.41, 5.74) is 2.50. The molecule has 0 unspecified atom stereocenters. The fourth-order valence-corrected chi connectivity index (χ4v) is 2.33. The van der Waals surface area contributed by atoms with E-state index in [2.05, 4.69) is 10.3 Å². The largest absolute Gasteiger partial charge is 0.493 e. The number of methoxy groups -OCH3 is 2. The van der Waals surface area contributed by atoms with Crippen LogP contribution in [0.4, 0.5) is 0 Å². The van der Waals surface area contributed by atoms with Gasteiger partial charge in [0.2, 0.25) is 0 Å². The Morgan fingerprint density at radius 3 is 2.55 bits per heavy atom. The second kappa shape index (κ2) is 6.07. The van der Waals surface area contributed by atoms with E-state index in [1.54, 1.807) is 18.9 Å². The van der Waals surface area contributed by atoms with Gasteiger partial charge < -0.3 is 9.47 Å². The molecule has 5 nitrogen and oxygen atoms in total. The summed E-state index contributed by atoms with van der Waals surface area (Å²) in [6.45, 7) is 0. The molecule has 0 aliphatic heterocycles. The number of ether oxygens (including phenoxy) is 2. The zero-order valence-corrected chi connectivity index (χ0v) is 12.9. The highest BCUT2D eigenvalue weighted by Gasteiger charge is 2.09. The maximum atomic E-state index is 6.01. The average Bonchev–Trinajstić information content (AvgIpc) is 3.04. The summed E-state index contributed by atoms with van der Waals surface area (Å²) < 4.78 is 12.2. The van der Waals surface area contributed by atoms with Gasteiger partial charge in [-0.05, 0) is 24.3 Å². The number of benzene rings is 2. The Bertz CT molecular complexity index is 802. The van der Waals surface area contributed by atoms with E-state index >= 15 is 0 Å². The van der Waals surface area contributed by atoms with Crippen LogP contribution in [0.5, 0.6) is 11.5 Å². The third-order valence-corrected chi connectivity index (χ3v) is 3.48. The first-order chi connectivity index (χ1) is 10.7. The molecule has 0 saturated carbocycles. The topological polar surface area (TPSA) is 49.2 Å². The van der Waals surface area contributed by atoms with Crippen molar-refractivity contribution in [3.63, 3.8) is 0 Å². The minimum Gasteiger partial charge on any atom is -0.493 e. The predicted molar refractivity (Wildman–Crippen MR) is 84.9 cm³/mol. The normalized spacial score (nSPS) is 10.5. The molecular weight excluding hydrogens is 302 g/mol. The highest BCUT2D eigenvalue weighted by atomic mass is 35.5. The number of aromatic nitrogens is 3. The summed E-state index contributed by atoms with van der Waals surface area (Å²) in [6.07, 6.45) is 1.84. The van der Waals surface area contributed by atoms with Crippen LogP contribution in [-0.4, -0.2) is 29.2 Å². The Morgan fingerprint density at radius 2 is 1.82 bits per heavy atom. The van der Waals surface area contributed by atoms with Gasteiger partial charge in [-0.25, -0.2) is 4.68 Å². The molecule has 0 aliphatic carbocycles. The Labute approximate surface area is 133 Å². The fourth-order valence-electron chi connectivity index (χ4n) is 2.14. The zero-order chi connectivity index (χ0) is 15.5. The molecule has 1 aromatic heterocycles. The maximum Gasteiger partial charge on any atom is 0.162 e. The van der Waals surface area contributed by atoms with Crippen LogP contribution in [0.2, 0.25) is 5.02 Å². The summed E-state index contributed by atoms with van der Waals surface area (Å²) in [5, 5.41) is 9.00. The van der Waals surface area contributed by atoms with Crippen LogP contribution in [0.3, 0.4) is 0 Å². The van der Waals surface area contributed by atoms with Crippen LogP contribution in [0.15, 0.2) is 48.7 Å². The third-order valence-electron chi connectivity index (χ3n) is 3.25. The summed E-state index contributed by atoms with van der Waals surface area (Å²) in [7, 11) is 3.20. The van der Waals surface area contributed by atoms with Gasteiger partial charge in [0.05, 0.1) is 26.1 Å². The number of rotatable bonds is 4. The molecule has 1 heterocycles. The first-order valence-corrected chi connectivity index (χ1v) is 7.00. The smallest absolute Gasteiger partial charge is 0.162 e. The molecule has 0 amide bonds. The molecule has 3 rings (SSSR count). The van der Waals surface area contributed by atoms with Crippen molar-refractivity contribution < 1.29 is 9.47 Å². The number of hydrogen-bond acceptors (Lipinski definition) is 4. The molecule has 0 spiro atoms. The van der Waals surface area contributed by atoms with Crippen LogP contribution < -0.4 is 9.47 Å². The maximum absolute atomic E-state index is 6.01. The van der Waals surface area contributed by atoms with Crippen molar-refractivity contribution in [2.75, 3.05) is 14.2 Å². The Kier molecular flexibility index (Phi) is 3.98. The van der Waals surface area contributed by atoms with Crippen molar-refractivity contribution in [2.24, 2.45) is 0 Å². The average molecular weight is 316 g/mol. The second-order valence-electron chi connectivity index (χ2n) is 4.60. The van der Waals surface area contributed by atoms with Gasteiger partial charge >= 0.3 is 0 Å². The van der Waals surface area contributed by atoms with Crippen molar-refractivity contribution in [2.45, 2.75) is 0 Å². The minimum atomic E-state index is 0.639. The van der Waals surface area contributed by atoms with Crippen LogP contribution in [0, 0.1) is 0 Å². The summed E-state index contributed by atoms with van der Waals surface area (Å²) in [5.74, 6) is 1.31. The molecule has 3 aromatic rings. The zero-order valence-electron chi connectivity index (χ0n) is 12.2. The van der Waals surface area contributed by atoms with Gasteiger partial charge in [0.15, 0.2) is 11.5 Å². The van der Waals surface area contributed by atoms with E-state index in [4.69, 9.17) is 21.1 Å². The first kappa shape index (κ1) is 14.4. The first-order valence-electron chi connectivity index (χ1n) is 6.62. The summed E-state index contributed by atoms with van der Waals surface area (Å²) in [6, 6.07) is 13.1.